The van der Waals surface area contributed by atoms with Crippen LogP contribution in [0.1, 0.15) is 36.2 Å². The third-order valence-corrected chi connectivity index (χ3v) is 5.10. The Labute approximate surface area is 117 Å². The van der Waals surface area contributed by atoms with Crippen molar-refractivity contribution in [3.8, 4) is 0 Å². The van der Waals surface area contributed by atoms with Gasteiger partial charge in [0.05, 0.1) is 5.56 Å². The van der Waals surface area contributed by atoms with Gasteiger partial charge < -0.3 is 4.90 Å². The lowest BCUT2D eigenvalue weighted by Crippen LogP contribution is -2.42. The van der Waals surface area contributed by atoms with Crippen LogP contribution in [0, 0.1) is 18.8 Å². The topological polar surface area (TPSA) is 20.3 Å². The highest BCUT2D eigenvalue weighted by molar-refractivity contribution is 9.10. The normalized spacial score (nSPS) is 24.1. The number of hydrogen-bond donors (Lipinski definition) is 0. The van der Waals surface area contributed by atoms with Crippen LogP contribution in [0.4, 0.5) is 0 Å². The molecule has 1 saturated heterocycles. The molecular formula is C15H20BrNO. The summed E-state index contributed by atoms with van der Waals surface area (Å²) in [7, 11) is 0. The van der Waals surface area contributed by atoms with Gasteiger partial charge in [0.1, 0.15) is 0 Å². The highest BCUT2D eigenvalue weighted by Crippen LogP contribution is 2.27. The third kappa shape index (κ3) is 2.61. The van der Waals surface area contributed by atoms with Crippen LogP contribution in [0.25, 0.3) is 0 Å². The number of carbonyl (C=O) groups excluding carboxylic acids is 1. The zero-order chi connectivity index (χ0) is 13.3. The highest BCUT2D eigenvalue weighted by atomic mass is 79.9. The molecule has 1 amide bonds. The molecule has 3 heteroatoms. The Morgan fingerprint density at radius 1 is 1.33 bits per heavy atom. The molecule has 18 heavy (non-hydrogen) atoms. The average Bonchev–Trinajstić information content (AvgIpc) is 2.35. The van der Waals surface area contributed by atoms with Gasteiger partial charge in [-0.2, -0.15) is 0 Å². The minimum Gasteiger partial charge on any atom is -0.338 e. The number of hydrogen-bond acceptors (Lipinski definition) is 1. The van der Waals surface area contributed by atoms with Gasteiger partial charge in [0.15, 0.2) is 0 Å². The number of benzene rings is 1. The quantitative estimate of drug-likeness (QED) is 0.771. The van der Waals surface area contributed by atoms with Crippen LogP contribution in [0.5, 0.6) is 0 Å². The van der Waals surface area contributed by atoms with Gasteiger partial charge in [0.25, 0.3) is 5.91 Å². The molecule has 0 spiro atoms. The molecular weight excluding hydrogens is 290 g/mol. The van der Waals surface area contributed by atoms with Crippen molar-refractivity contribution in [1.29, 1.82) is 0 Å². The van der Waals surface area contributed by atoms with E-state index in [1.165, 1.54) is 0 Å². The van der Waals surface area contributed by atoms with Crippen LogP contribution in [0.3, 0.4) is 0 Å². The van der Waals surface area contributed by atoms with E-state index in [1.807, 2.05) is 30.0 Å². The fourth-order valence-electron chi connectivity index (χ4n) is 2.43. The SMILES string of the molecule is Cc1cccc(C(=O)N2CCC(C)C(C)C2)c1Br. The summed E-state index contributed by atoms with van der Waals surface area (Å²) in [6, 6.07) is 5.87. The van der Waals surface area contributed by atoms with Crippen LogP contribution in [0.15, 0.2) is 22.7 Å². The standard InChI is InChI=1S/C15H20BrNO/c1-10-7-8-17(9-12(10)3)15(18)13-6-4-5-11(2)14(13)16/h4-6,10,12H,7-9H2,1-3H3. The van der Waals surface area contributed by atoms with E-state index in [-0.39, 0.29) is 5.91 Å². The summed E-state index contributed by atoms with van der Waals surface area (Å²) in [6.45, 7) is 8.28. The lowest BCUT2D eigenvalue weighted by atomic mass is 9.88. The largest absolute Gasteiger partial charge is 0.338 e. The Morgan fingerprint density at radius 3 is 2.72 bits per heavy atom. The van der Waals surface area contributed by atoms with Gasteiger partial charge in [0, 0.05) is 17.6 Å². The van der Waals surface area contributed by atoms with Crippen LogP contribution >= 0.6 is 15.9 Å². The minimum atomic E-state index is 0.157. The van der Waals surface area contributed by atoms with Crippen LogP contribution in [-0.2, 0) is 0 Å². The monoisotopic (exact) mass is 309 g/mol. The number of halogens is 1. The Morgan fingerprint density at radius 2 is 2.06 bits per heavy atom. The first-order chi connectivity index (χ1) is 8.50. The molecule has 0 aliphatic carbocycles. The van der Waals surface area contributed by atoms with Crippen molar-refractivity contribution in [3.63, 3.8) is 0 Å². The van der Waals surface area contributed by atoms with Crippen molar-refractivity contribution < 1.29 is 4.79 Å². The van der Waals surface area contributed by atoms with Gasteiger partial charge in [-0.15, -0.1) is 0 Å². The van der Waals surface area contributed by atoms with Gasteiger partial charge in [-0.25, -0.2) is 0 Å². The fraction of sp³-hybridized carbons (Fsp3) is 0.533. The molecule has 0 N–H and O–H groups in total. The Bertz CT molecular complexity index is 458. The summed E-state index contributed by atoms with van der Waals surface area (Å²) >= 11 is 3.53. The minimum absolute atomic E-state index is 0.157. The molecule has 0 saturated carbocycles. The predicted molar refractivity (Wildman–Crippen MR) is 77.7 cm³/mol. The molecule has 0 radical (unpaired) electrons. The first-order valence-corrected chi connectivity index (χ1v) is 7.34. The molecule has 2 rings (SSSR count). The molecule has 2 atom stereocenters. The molecule has 1 aromatic rings. The lowest BCUT2D eigenvalue weighted by Gasteiger charge is -2.35. The van der Waals surface area contributed by atoms with Crippen molar-refractivity contribution in [2.75, 3.05) is 13.1 Å². The molecule has 1 heterocycles. The van der Waals surface area contributed by atoms with E-state index in [0.29, 0.717) is 5.92 Å². The zero-order valence-corrected chi connectivity index (χ0v) is 12.8. The maximum Gasteiger partial charge on any atom is 0.255 e. The summed E-state index contributed by atoms with van der Waals surface area (Å²) < 4.78 is 0.932. The smallest absolute Gasteiger partial charge is 0.255 e. The second-order valence-corrected chi connectivity index (χ2v) is 6.22. The van der Waals surface area contributed by atoms with E-state index in [1.54, 1.807) is 0 Å². The maximum atomic E-state index is 12.5. The fourth-order valence-corrected chi connectivity index (χ4v) is 2.86. The van der Waals surface area contributed by atoms with Crippen LogP contribution in [-0.4, -0.2) is 23.9 Å². The molecule has 2 nitrogen and oxygen atoms in total. The summed E-state index contributed by atoms with van der Waals surface area (Å²) in [5.41, 5.74) is 1.90. The predicted octanol–water partition coefficient (Wildman–Crippen LogP) is 3.88. The maximum absolute atomic E-state index is 12.5. The van der Waals surface area contributed by atoms with Crippen molar-refractivity contribution in [1.82, 2.24) is 4.90 Å². The van der Waals surface area contributed by atoms with Crippen molar-refractivity contribution in [2.45, 2.75) is 27.2 Å². The van der Waals surface area contributed by atoms with E-state index < -0.39 is 0 Å². The number of piperidine rings is 1. The number of aryl methyl sites for hydroxylation is 1. The molecule has 1 aliphatic rings. The first kappa shape index (κ1) is 13.6. The average molecular weight is 310 g/mol. The molecule has 1 aromatic carbocycles. The summed E-state index contributed by atoms with van der Waals surface area (Å²) in [5, 5.41) is 0. The second kappa shape index (κ2) is 5.43. The van der Waals surface area contributed by atoms with E-state index in [0.717, 1.165) is 41.0 Å². The summed E-state index contributed by atoms with van der Waals surface area (Å²) in [4.78, 5) is 14.5. The van der Waals surface area contributed by atoms with Gasteiger partial charge >= 0.3 is 0 Å². The number of amides is 1. The lowest BCUT2D eigenvalue weighted by molar-refractivity contribution is 0.0626. The Hall–Kier alpha value is -0.830. The van der Waals surface area contributed by atoms with Crippen molar-refractivity contribution >= 4 is 21.8 Å². The van der Waals surface area contributed by atoms with Gasteiger partial charge in [0.2, 0.25) is 0 Å². The van der Waals surface area contributed by atoms with E-state index >= 15 is 0 Å². The van der Waals surface area contributed by atoms with Crippen molar-refractivity contribution in [3.05, 3.63) is 33.8 Å². The van der Waals surface area contributed by atoms with Gasteiger partial charge in [-0.05, 0) is 52.7 Å². The summed E-state index contributed by atoms with van der Waals surface area (Å²) in [6.07, 6.45) is 1.11. The zero-order valence-electron chi connectivity index (χ0n) is 11.2. The van der Waals surface area contributed by atoms with E-state index in [4.69, 9.17) is 0 Å². The molecule has 1 fully saturated rings. The second-order valence-electron chi connectivity index (χ2n) is 5.43. The van der Waals surface area contributed by atoms with E-state index in [2.05, 4.69) is 29.8 Å². The highest BCUT2D eigenvalue weighted by Gasteiger charge is 2.27. The Kier molecular flexibility index (Phi) is 4.10. The van der Waals surface area contributed by atoms with Gasteiger partial charge in [-0.1, -0.05) is 26.0 Å². The van der Waals surface area contributed by atoms with Crippen molar-refractivity contribution in [2.24, 2.45) is 11.8 Å². The molecule has 0 bridgehead atoms. The summed E-state index contributed by atoms with van der Waals surface area (Å²) in [5.74, 6) is 1.46. The van der Waals surface area contributed by atoms with E-state index in [9.17, 15) is 4.79 Å². The van der Waals surface area contributed by atoms with Gasteiger partial charge in [-0.3, -0.25) is 4.79 Å². The molecule has 0 aromatic heterocycles. The Balaban J connectivity index is 2.19. The first-order valence-electron chi connectivity index (χ1n) is 6.55. The third-order valence-electron chi connectivity index (χ3n) is 4.04. The van der Waals surface area contributed by atoms with Crippen LogP contribution < -0.4 is 0 Å². The van der Waals surface area contributed by atoms with Crippen LogP contribution in [0.2, 0.25) is 0 Å². The molecule has 1 aliphatic heterocycles. The number of nitrogens with zero attached hydrogens (tertiary/aromatic N) is 1. The number of rotatable bonds is 1. The molecule has 98 valence electrons. The number of likely N-dealkylation sites (tertiary alicyclic amines) is 1. The molecule has 2 unspecified atom stereocenters. The number of carbonyl (C=O) groups is 1.